The zero-order chi connectivity index (χ0) is 21.8. The van der Waals surface area contributed by atoms with E-state index in [-0.39, 0.29) is 24.0 Å². The smallest absolute Gasteiger partial charge is 0.220 e. The monoisotopic (exact) mass is 442 g/mol. The van der Waals surface area contributed by atoms with Crippen molar-refractivity contribution in [2.45, 2.75) is 63.3 Å². The first-order valence-corrected chi connectivity index (χ1v) is 12.8. The van der Waals surface area contributed by atoms with E-state index in [0.717, 1.165) is 29.7 Å². The van der Waals surface area contributed by atoms with Crippen LogP contribution in [0.15, 0.2) is 54.6 Å². The second kappa shape index (κ2) is 9.40. The maximum atomic E-state index is 12.5. The standard InChI is InChI=1S/C24H30N2O4S/c1-31(28,29)26-21-11-12-22(26)16-20(15-21)25-24(27)13-10-18-8-5-9-23(14-18)30-17-19-6-3-2-4-7-19/h2-9,14,20-22H,10-13,15-17H2,1H3,(H,25,27). The average molecular weight is 443 g/mol. The van der Waals surface area contributed by atoms with Gasteiger partial charge in [0, 0.05) is 24.5 Å². The Hall–Kier alpha value is -2.38. The van der Waals surface area contributed by atoms with Crippen molar-refractivity contribution >= 4 is 15.9 Å². The molecule has 2 aliphatic heterocycles. The van der Waals surface area contributed by atoms with Crippen molar-refractivity contribution in [3.8, 4) is 5.75 Å². The Bertz CT molecular complexity index is 995. The number of nitrogens with zero attached hydrogens (tertiary/aromatic N) is 1. The van der Waals surface area contributed by atoms with Crippen molar-refractivity contribution in [3.63, 3.8) is 0 Å². The molecule has 166 valence electrons. The van der Waals surface area contributed by atoms with Crippen molar-refractivity contribution in [2.24, 2.45) is 0 Å². The molecule has 6 nitrogen and oxygen atoms in total. The Morgan fingerprint density at radius 3 is 2.39 bits per heavy atom. The van der Waals surface area contributed by atoms with E-state index in [1.54, 1.807) is 4.31 Å². The molecule has 0 saturated carbocycles. The highest BCUT2D eigenvalue weighted by Gasteiger charge is 2.45. The Morgan fingerprint density at radius 1 is 1.03 bits per heavy atom. The second-order valence-corrected chi connectivity index (χ2v) is 10.5. The van der Waals surface area contributed by atoms with Crippen LogP contribution in [0.4, 0.5) is 0 Å². The molecule has 2 aromatic carbocycles. The van der Waals surface area contributed by atoms with E-state index in [2.05, 4.69) is 5.32 Å². The van der Waals surface area contributed by atoms with E-state index < -0.39 is 10.0 Å². The zero-order valence-electron chi connectivity index (χ0n) is 17.9. The molecule has 4 rings (SSSR count). The zero-order valence-corrected chi connectivity index (χ0v) is 18.7. The summed E-state index contributed by atoms with van der Waals surface area (Å²) in [6.45, 7) is 0.513. The molecule has 31 heavy (non-hydrogen) atoms. The number of aryl methyl sites for hydroxylation is 1. The summed E-state index contributed by atoms with van der Waals surface area (Å²) >= 11 is 0. The van der Waals surface area contributed by atoms with Crippen LogP contribution >= 0.6 is 0 Å². The lowest BCUT2D eigenvalue weighted by molar-refractivity contribution is -0.122. The van der Waals surface area contributed by atoms with Crippen molar-refractivity contribution in [3.05, 3.63) is 65.7 Å². The summed E-state index contributed by atoms with van der Waals surface area (Å²) in [6.07, 6.45) is 5.53. The number of carbonyl (C=O) groups excluding carboxylic acids is 1. The highest BCUT2D eigenvalue weighted by Crippen LogP contribution is 2.37. The van der Waals surface area contributed by atoms with Gasteiger partial charge in [0.1, 0.15) is 12.4 Å². The molecule has 2 heterocycles. The summed E-state index contributed by atoms with van der Waals surface area (Å²) < 4.78 is 31.6. The van der Waals surface area contributed by atoms with Crippen LogP contribution in [0.3, 0.4) is 0 Å². The third-order valence-electron chi connectivity index (χ3n) is 6.20. The summed E-state index contributed by atoms with van der Waals surface area (Å²) in [5.41, 5.74) is 2.18. The van der Waals surface area contributed by atoms with Gasteiger partial charge in [-0.25, -0.2) is 8.42 Å². The molecule has 0 aromatic heterocycles. The summed E-state index contributed by atoms with van der Waals surface area (Å²) in [7, 11) is -3.18. The van der Waals surface area contributed by atoms with E-state index in [1.807, 2.05) is 54.6 Å². The fourth-order valence-corrected chi connectivity index (χ4v) is 6.35. The van der Waals surface area contributed by atoms with Crippen molar-refractivity contribution in [1.29, 1.82) is 0 Å². The van der Waals surface area contributed by atoms with E-state index in [1.165, 1.54) is 6.26 Å². The summed E-state index contributed by atoms with van der Waals surface area (Å²) in [6, 6.07) is 18.0. The molecule has 0 radical (unpaired) electrons. The average Bonchev–Trinajstić information content (AvgIpc) is 3.04. The first-order chi connectivity index (χ1) is 14.9. The summed E-state index contributed by atoms with van der Waals surface area (Å²) in [5.74, 6) is 0.819. The molecule has 1 amide bonds. The van der Waals surface area contributed by atoms with Crippen molar-refractivity contribution in [2.75, 3.05) is 6.26 Å². The van der Waals surface area contributed by atoms with Gasteiger partial charge in [0.2, 0.25) is 15.9 Å². The van der Waals surface area contributed by atoms with Gasteiger partial charge in [0.05, 0.1) is 6.26 Å². The lowest BCUT2D eigenvalue weighted by Gasteiger charge is -2.37. The molecular formula is C24H30N2O4S. The Kier molecular flexibility index (Phi) is 6.62. The third-order valence-corrected chi connectivity index (χ3v) is 7.56. The van der Waals surface area contributed by atoms with E-state index in [0.29, 0.717) is 32.3 Å². The van der Waals surface area contributed by atoms with Gasteiger partial charge in [-0.15, -0.1) is 0 Å². The van der Waals surface area contributed by atoms with Crippen LogP contribution in [0, 0.1) is 0 Å². The predicted molar refractivity (Wildman–Crippen MR) is 120 cm³/mol. The Labute approximate surface area is 184 Å². The molecule has 2 aromatic rings. The first-order valence-electron chi connectivity index (χ1n) is 10.9. The SMILES string of the molecule is CS(=O)(=O)N1C2CCC1CC(NC(=O)CCc1cccc(OCc3ccccc3)c1)C2. The molecule has 2 aliphatic rings. The van der Waals surface area contributed by atoms with Gasteiger partial charge in [0.15, 0.2) is 0 Å². The molecule has 2 atom stereocenters. The van der Waals surface area contributed by atoms with Crippen LogP contribution in [0.1, 0.15) is 43.2 Å². The fourth-order valence-electron chi connectivity index (χ4n) is 4.88. The minimum atomic E-state index is -3.18. The van der Waals surface area contributed by atoms with Gasteiger partial charge < -0.3 is 10.1 Å². The van der Waals surface area contributed by atoms with Gasteiger partial charge in [-0.3, -0.25) is 4.79 Å². The van der Waals surface area contributed by atoms with Gasteiger partial charge in [-0.05, 0) is 55.4 Å². The minimum absolute atomic E-state index is 0.0211. The molecule has 2 saturated heterocycles. The van der Waals surface area contributed by atoms with Crippen molar-refractivity contribution < 1.29 is 17.9 Å². The number of rotatable bonds is 8. The van der Waals surface area contributed by atoms with Gasteiger partial charge in [0.25, 0.3) is 0 Å². The predicted octanol–water partition coefficient (Wildman–Crippen LogP) is 3.27. The highest BCUT2D eigenvalue weighted by atomic mass is 32.2. The molecule has 2 bridgehead atoms. The molecule has 0 aliphatic carbocycles. The maximum Gasteiger partial charge on any atom is 0.220 e. The van der Waals surface area contributed by atoms with Crippen molar-refractivity contribution in [1.82, 2.24) is 9.62 Å². The number of benzene rings is 2. The van der Waals surface area contributed by atoms with Crippen LogP contribution in [0.25, 0.3) is 0 Å². The lowest BCUT2D eigenvalue weighted by atomic mass is 9.99. The maximum absolute atomic E-state index is 12.5. The van der Waals surface area contributed by atoms with Crippen LogP contribution in [-0.2, 0) is 27.8 Å². The largest absolute Gasteiger partial charge is 0.489 e. The number of nitrogens with one attached hydrogen (secondary N) is 1. The number of ether oxygens (including phenoxy) is 1. The number of piperidine rings is 1. The third kappa shape index (κ3) is 5.66. The number of fused-ring (bicyclic) bond motifs is 2. The van der Waals surface area contributed by atoms with Crippen LogP contribution in [0.5, 0.6) is 5.75 Å². The molecule has 7 heteroatoms. The Morgan fingerprint density at radius 2 is 1.71 bits per heavy atom. The number of hydrogen-bond donors (Lipinski definition) is 1. The molecule has 1 N–H and O–H groups in total. The van der Waals surface area contributed by atoms with E-state index in [4.69, 9.17) is 4.74 Å². The van der Waals surface area contributed by atoms with Gasteiger partial charge in [-0.2, -0.15) is 4.31 Å². The quantitative estimate of drug-likeness (QED) is 0.681. The minimum Gasteiger partial charge on any atom is -0.489 e. The van der Waals surface area contributed by atoms with Crippen LogP contribution < -0.4 is 10.1 Å². The summed E-state index contributed by atoms with van der Waals surface area (Å²) in [5, 5.41) is 3.13. The number of sulfonamides is 1. The molecule has 0 spiro atoms. The van der Waals surface area contributed by atoms with Gasteiger partial charge in [-0.1, -0.05) is 42.5 Å². The Balaban J connectivity index is 1.25. The van der Waals surface area contributed by atoms with Crippen LogP contribution in [0.2, 0.25) is 0 Å². The van der Waals surface area contributed by atoms with Gasteiger partial charge >= 0.3 is 0 Å². The van der Waals surface area contributed by atoms with Crippen LogP contribution in [-0.4, -0.2) is 43.0 Å². The van der Waals surface area contributed by atoms with E-state index in [9.17, 15) is 13.2 Å². The normalized spacial score (nSPS) is 23.5. The summed E-state index contributed by atoms with van der Waals surface area (Å²) in [4.78, 5) is 12.5. The lowest BCUT2D eigenvalue weighted by Crippen LogP contribution is -2.52. The first kappa shape index (κ1) is 21.8. The topological polar surface area (TPSA) is 75.7 Å². The molecular weight excluding hydrogens is 412 g/mol. The second-order valence-electron chi connectivity index (χ2n) is 8.64. The number of amides is 1. The molecule has 2 unspecified atom stereocenters. The number of hydrogen-bond acceptors (Lipinski definition) is 4. The highest BCUT2D eigenvalue weighted by molar-refractivity contribution is 7.88. The van der Waals surface area contributed by atoms with E-state index >= 15 is 0 Å². The number of carbonyl (C=O) groups is 1. The fraction of sp³-hybridized carbons (Fsp3) is 0.458. The molecule has 2 fully saturated rings.